The third-order valence-electron chi connectivity index (χ3n) is 4.75. The summed E-state index contributed by atoms with van der Waals surface area (Å²) in [5.41, 5.74) is -7.36. The average molecular weight is 500 g/mol. The molecule has 6 aromatic carbocycles. The summed E-state index contributed by atoms with van der Waals surface area (Å²) in [7, 11) is 0. The van der Waals surface area contributed by atoms with E-state index in [4.69, 9.17) is 35.6 Å². The van der Waals surface area contributed by atoms with E-state index in [0.29, 0.717) is 0 Å². The molecule has 1 N–H and O–H groups in total. The van der Waals surface area contributed by atoms with Crippen molar-refractivity contribution in [2.45, 2.75) is 0 Å². The van der Waals surface area contributed by atoms with Crippen molar-refractivity contribution in [3.8, 4) is 44.5 Å². The SMILES string of the molecule is [2H]c1c([2H])c([2H])c(-c2c([2H])c([2H])c(-c3c([2H])c([2H])c(Nc4c([2H])c([2H])c(-c5c([2H])c([2H])c([2H])c(-c6c([2H])c([2H])c([2H])c([2H])c6[2H])c5[2H])c([2H])c4[2H])c([2H])c3[2H])c([2H])c2[2H])c([2H])c1[2H]. The minimum Gasteiger partial charge on any atom is -0.356 e. The van der Waals surface area contributed by atoms with Gasteiger partial charge in [-0.15, -0.1) is 0 Å². The van der Waals surface area contributed by atoms with Crippen LogP contribution >= 0.6 is 0 Å². The van der Waals surface area contributed by atoms with Crippen LogP contribution in [0.15, 0.2) is 157 Å². The first-order chi connectivity index (χ1) is 29.2. The first-order valence-electron chi connectivity index (χ1n) is 23.5. The molecule has 0 aromatic heterocycles. The van der Waals surface area contributed by atoms with Crippen LogP contribution in [0.5, 0.6) is 0 Å². The maximum absolute atomic E-state index is 8.96. The first-order valence-corrected chi connectivity index (χ1v) is 10.5. The molecule has 0 amide bonds. The van der Waals surface area contributed by atoms with E-state index in [0.717, 1.165) is 0 Å². The van der Waals surface area contributed by atoms with Gasteiger partial charge >= 0.3 is 0 Å². The predicted molar refractivity (Wildman–Crippen MR) is 158 cm³/mol. The number of rotatable bonds is 6. The number of nitrogens with one attached hydrogen (secondary N) is 1. The summed E-state index contributed by atoms with van der Waals surface area (Å²) in [6.07, 6.45) is 0. The fourth-order valence-electron chi connectivity index (χ4n) is 3.03. The second-order valence-corrected chi connectivity index (χ2v) is 7.12. The Morgan fingerprint density at radius 3 is 1.03 bits per heavy atom. The van der Waals surface area contributed by atoms with Gasteiger partial charge in [0.1, 0.15) is 0 Å². The second-order valence-electron chi connectivity index (χ2n) is 7.12. The molecule has 0 radical (unpaired) electrons. The predicted octanol–water partition coefficient (Wildman–Crippen LogP) is 10.1. The van der Waals surface area contributed by atoms with Crippen molar-refractivity contribution < 1.29 is 35.6 Å². The Morgan fingerprint density at radius 2 is 0.595 bits per heavy atom. The molecule has 0 bridgehead atoms. The highest BCUT2D eigenvalue weighted by molar-refractivity contribution is 5.75. The van der Waals surface area contributed by atoms with Gasteiger partial charge in [0.2, 0.25) is 0 Å². The number of anilines is 2. The molecular formula is C36H27N. The van der Waals surface area contributed by atoms with Gasteiger partial charge in [-0.2, -0.15) is 0 Å². The summed E-state index contributed by atoms with van der Waals surface area (Å²) < 4.78 is 221. The lowest BCUT2D eigenvalue weighted by molar-refractivity contribution is 1.53. The van der Waals surface area contributed by atoms with Gasteiger partial charge in [0.25, 0.3) is 0 Å². The lowest BCUT2D eigenvalue weighted by atomic mass is 9.99. The third kappa shape index (κ3) is 5.22. The lowest BCUT2D eigenvalue weighted by Gasteiger charge is -2.10. The van der Waals surface area contributed by atoms with Crippen molar-refractivity contribution in [1.82, 2.24) is 0 Å². The fraction of sp³-hybridized carbons (Fsp3) is 0. The molecule has 1 heteroatoms. The van der Waals surface area contributed by atoms with Crippen molar-refractivity contribution in [3.63, 3.8) is 0 Å². The van der Waals surface area contributed by atoms with Crippen LogP contribution in [0.3, 0.4) is 0 Å². The van der Waals surface area contributed by atoms with Crippen molar-refractivity contribution in [2.24, 2.45) is 0 Å². The summed E-state index contributed by atoms with van der Waals surface area (Å²) in [5, 5.41) is 2.37. The fourth-order valence-corrected chi connectivity index (χ4v) is 3.03. The van der Waals surface area contributed by atoms with Gasteiger partial charge in [0.05, 0.1) is 35.6 Å². The van der Waals surface area contributed by atoms with Crippen LogP contribution in [-0.4, -0.2) is 0 Å². The van der Waals surface area contributed by atoms with Gasteiger partial charge in [0.15, 0.2) is 0 Å². The highest BCUT2D eigenvalue weighted by Crippen LogP contribution is 2.29. The van der Waals surface area contributed by atoms with Crippen LogP contribution in [0.1, 0.15) is 35.6 Å². The lowest BCUT2D eigenvalue weighted by Crippen LogP contribution is -1.90. The van der Waals surface area contributed by atoms with Crippen LogP contribution in [0.25, 0.3) is 44.5 Å². The van der Waals surface area contributed by atoms with Gasteiger partial charge < -0.3 is 5.32 Å². The van der Waals surface area contributed by atoms with E-state index in [9.17, 15) is 0 Å². The molecule has 6 aromatic rings. The highest BCUT2D eigenvalue weighted by Gasteiger charge is 2.04. The zero-order chi connectivity index (χ0) is 47.5. The van der Waals surface area contributed by atoms with Crippen LogP contribution in [-0.2, 0) is 0 Å². The van der Waals surface area contributed by atoms with Crippen LogP contribution in [0.4, 0.5) is 11.4 Å². The molecule has 0 spiro atoms. The molecular weight excluding hydrogens is 446 g/mol. The zero-order valence-corrected chi connectivity index (χ0v) is 18.5. The Bertz CT molecular complexity index is 2900. The molecule has 6 rings (SSSR count). The zero-order valence-electron chi connectivity index (χ0n) is 44.5. The summed E-state index contributed by atoms with van der Waals surface area (Å²) in [5.74, 6) is 0. The van der Waals surface area contributed by atoms with Gasteiger partial charge in [-0.25, -0.2) is 0 Å². The molecule has 1 nitrogen and oxygen atoms in total. The van der Waals surface area contributed by atoms with E-state index in [1.165, 1.54) is 0 Å². The number of hydrogen-bond acceptors (Lipinski definition) is 1. The summed E-state index contributed by atoms with van der Waals surface area (Å²) in [4.78, 5) is 0. The molecule has 0 saturated heterocycles. The molecule has 0 unspecified atom stereocenters. The summed E-state index contributed by atoms with van der Waals surface area (Å²) >= 11 is 0. The Labute approximate surface area is 255 Å². The molecule has 0 heterocycles. The maximum Gasteiger partial charge on any atom is 0.0645 e. The van der Waals surface area contributed by atoms with Crippen LogP contribution in [0, 0.1) is 0 Å². The molecule has 0 fully saturated rings. The minimum atomic E-state index is -0.987. The van der Waals surface area contributed by atoms with Crippen molar-refractivity contribution >= 4 is 11.4 Å². The van der Waals surface area contributed by atoms with E-state index in [2.05, 4.69) is 5.32 Å². The van der Waals surface area contributed by atoms with Crippen molar-refractivity contribution in [3.05, 3.63) is 157 Å². The van der Waals surface area contributed by atoms with Gasteiger partial charge in [-0.05, 0) is 74.7 Å². The molecule has 37 heavy (non-hydrogen) atoms. The Hall–Kier alpha value is -4.88. The molecule has 0 saturated carbocycles. The highest BCUT2D eigenvalue weighted by atomic mass is 14.9. The Balaban J connectivity index is 1.54. The smallest absolute Gasteiger partial charge is 0.0645 e. The van der Waals surface area contributed by atoms with E-state index >= 15 is 0 Å². The van der Waals surface area contributed by atoms with E-state index in [1.807, 2.05) is 0 Å². The van der Waals surface area contributed by atoms with E-state index in [1.54, 1.807) is 0 Å². The molecule has 0 atom stereocenters. The monoisotopic (exact) mass is 499 g/mol. The number of benzene rings is 6. The standard InChI is InChI=1S/C36H27N/c1-3-8-27(9-4-1)29-14-16-30(17-15-29)31-18-22-35(23-19-31)37-36-24-20-32(21-25-36)34-13-7-12-33(26-34)28-10-5-2-6-11-28/h1-26,37H/i1D,2D,3D,4D,5D,6D,7D,8D,9D,10D,11D,12D,13D,14D,15D,16D,17D,18D,19D,20D,21D,22D,23D,24D,25D,26D. The van der Waals surface area contributed by atoms with Gasteiger partial charge in [0, 0.05) is 11.4 Å². The van der Waals surface area contributed by atoms with E-state index < -0.39 is 213 Å². The Morgan fingerprint density at radius 1 is 0.297 bits per heavy atom. The van der Waals surface area contributed by atoms with E-state index in [-0.39, 0.29) is 0 Å². The topological polar surface area (TPSA) is 12.0 Å². The molecule has 0 aliphatic heterocycles. The Kier molecular flexibility index (Phi) is 2.19. The molecule has 0 aliphatic carbocycles. The quantitative estimate of drug-likeness (QED) is 0.240. The normalized spacial score (nSPS) is 20.5. The maximum atomic E-state index is 8.96. The van der Waals surface area contributed by atoms with Crippen LogP contribution < -0.4 is 5.32 Å². The van der Waals surface area contributed by atoms with Crippen molar-refractivity contribution in [1.29, 1.82) is 0 Å². The summed E-state index contributed by atoms with van der Waals surface area (Å²) in [6, 6.07) is -23.6. The van der Waals surface area contributed by atoms with Gasteiger partial charge in [-0.3, -0.25) is 0 Å². The third-order valence-corrected chi connectivity index (χ3v) is 4.75. The largest absolute Gasteiger partial charge is 0.356 e. The van der Waals surface area contributed by atoms with Crippen molar-refractivity contribution in [2.75, 3.05) is 5.32 Å². The second kappa shape index (κ2) is 10.4. The number of hydrogen-bond donors (Lipinski definition) is 1. The first kappa shape index (κ1) is 7.81. The average Bonchev–Trinajstić information content (AvgIpc) is 3.25. The minimum absolute atomic E-state index is 0.657. The van der Waals surface area contributed by atoms with Gasteiger partial charge in [-0.1, -0.05) is 127 Å². The molecule has 0 aliphatic rings. The molecule has 176 valence electrons. The van der Waals surface area contributed by atoms with Crippen LogP contribution in [0.2, 0.25) is 0 Å². The summed E-state index contributed by atoms with van der Waals surface area (Å²) in [6.45, 7) is 0.